The molecule has 5 nitrogen and oxygen atoms in total. The van der Waals surface area contributed by atoms with Gasteiger partial charge in [0.05, 0.1) is 16.3 Å². The number of carbonyl (C=O) groups excluding carboxylic acids is 1. The number of aromatic nitrogens is 2. The molecule has 1 N–H and O–H groups in total. The predicted octanol–water partition coefficient (Wildman–Crippen LogP) is 1.80. The molecule has 2 aromatic rings. The van der Waals surface area contributed by atoms with Gasteiger partial charge < -0.3 is 10.2 Å². The van der Waals surface area contributed by atoms with Crippen molar-refractivity contribution in [1.29, 1.82) is 0 Å². The Kier molecular flexibility index (Phi) is 2.75. The molecule has 2 saturated heterocycles. The van der Waals surface area contributed by atoms with Gasteiger partial charge >= 0.3 is 0 Å². The minimum atomic E-state index is -0.135. The van der Waals surface area contributed by atoms with Crippen molar-refractivity contribution in [3.63, 3.8) is 0 Å². The first-order chi connectivity index (χ1) is 9.80. The Morgan fingerprint density at radius 2 is 2.15 bits per heavy atom. The first-order valence-electron chi connectivity index (χ1n) is 7.02. The molecule has 1 amide bonds. The highest BCUT2D eigenvalue weighted by molar-refractivity contribution is 7.12. The van der Waals surface area contributed by atoms with Crippen LogP contribution in [0.5, 0.6) is 0 Å². The van der Waals surface area contributed by atoms with E-state index in [4.69, 9.17) is 0 Å². The van der Waals surface area contributed by atoms with Crippen LogP contribution >= 0.6 is 11.5 Å². The normalized spacial score (nSPS) is 22.0. The van der Waals surface area contributed by atoms with Gasteiger partial charge in [-0.3, -0.25) is 9.78 Å². The van der Waals surface area contributed by atoms with Gasteiger partial charge in [0.25, 0.3) is 0 Å². The Balaban J connectivity index is 1.71. The van der Waals surface area contributed by atoms with Crippen LogP contribution in [0.4, 0.5) is 5.00 Å². The van der Waals surface area contributed by atoms with Gasteiger partial charge in [-0.25, -0.2) is 0 Å². The van der Waals surface area contributed by atoms with Gasteiger partial charge in [-0.2, -0.15) is 4.37 Å². The second-order valence-electron chi connectivity index (χ2n) is 5.62. The lowest BCUT2D eigenvalue weighted by molar-refractivity contribution is -0.126. The third-order valence-electron chi connectivity index (χ3n) is 4.58. The maximum Gasteiger partial charge on any atom is 0.234 e. The van der Waals surface area contributed by atoms with Crippen LogP contribution in [0.25, 0.3) is 10.9 Å². The van der Waals surface area contributed by atoms with Gasteiger partial charge in [-0.05, 0) is 50.0 Å². The number of rotatable bonds is 1. The van der Waals surface area contributed by atoms with E-state index in [0.29, 0.717) is 0 Å². The Morgan fingerprint density at radius 3 is 3.00 bits per heavy atom. The zero-order valence-corrected chi connectivity index (χ0v) is 11.9. The van der Waals surface area contributed by atoms with Crippen molar-refractivity contribution in [3.05, 3.63) is 18.5 Å². The molecule has 0 aromatic carbocycles. The molecule has 0 bridgehead atoms. The number of nitrogens with zero attached hydrogens (tertiary/aromatic N) is 3. The summed E-state index contributed by atoms with van der Waals surface area (Å²) in [6, 6.07) is 1.90. The standard InChI is InChI=1S/C14H16N4OS/c19-13-14(2-6-15-7-3-14)4-8-18(13)12-10-9-16-5-1-11(10)17-20-12/h1,5,9,15H,2-4,6-8H2. The molecule has 0 radical (unpaired) electrons. The molecular formula is C14H16N4OS. The topological polar surface area (TPSA) is 58.1 Å². The molecule has 0 aliphatic carbocycles. The van der Waals surface area contributed by atoms with Crippen LogP contribution in [0, 0.1) is 5.41 Å². The Labute approximate surface area is 121 Å². The first kappa shape index (κ1) is 12.2. The van der Waals surface area contributed by atoms with Gasteiger partial charge in [-0.1, -0.05) is 0 Å². The van der Waals surface area contributed by atoms with Crippen molar-refractivity contribution in [3.8, 4) is 0 Å². The summed E-state index contributed by atoms with van der Waals surface area (Å²) in [5.74, 6) is 0.286. The van der Waals surface area contributed by atoms with Crippen LogP contribution in [-0.4, -0.2) is 34.9 Å². The highest BCUT2D eigenvalue weighted by Gasteiger charge is 2.48. The molecule has 2 aromatic heterocycles. The highest BCUT2D eigenvalue weighted by Crippen LogP contribution is 2.44. The number of hydrogen-bond acceptors (Lipinski definition) is 5. The number of fused-ring (bicyclic) bond motifs is 1. The van der Waals surface area contributed by atoms with Crippen molar-refractivity contribution < 1.29 is 4.79 Å². The van der Waals surface area contributed by atoms with Crippen molar-refractivity contribution in [2.75, 3.05) is 24.5 Å². The Hall–Kier alpha value is -1.53. The van der Waals surface area contributed by atoms with Crippen molar-refractivity contribution in [2.45, 2.75) is 19.3 Å². The smallest absolute Gasteiger partial charge is 0.234 e. The minimum absolute atomic E-state index is 0.135. The second kappa shape index (κ2) is 4.49. The van der Waals surface area contributed by atoms with Crippen LogP contribution in [0.15, 0.2) is 18.5 Å². The van der Waals surface area contributed by atoms with Crippen molar-refractivity contribution in [2.24, 2.45) is 5.41 Å². The molecule has 2 aliphatic rings. The van der Waals surface area contributed by atoms with Crippen molar-refractivity contribution in [1.82, 2.24) is 14.7 Å². The van der Waals surface area contributed by atoms with E-state index in [1.807, 2.05) is 17.2 Å². The zero-order chi connectivity index (χ0) is 13.6. The molecule has 20 heavy (non-hydrogen) atoms. The van der Waals surface area contributed by atoms with Gasteiger partial charge in [0, 0.05) is 18.9 Å². The summed E-state index contributed by atoms with van der Waals surface area (Å²) in [6.45, 7) is 2.71. The van der Waals surface area contributed by atoms with E-state index in [0.717, 1.165) is 54.8 Å². The average molecular weight is 288 g/mol. The van der Waals surface area contributed by atoms with E-state index in [-0.39, 0.29) is 11.3 Å². The summed E-state index contributed by atoms with van der Waals surface area (Å²) in [6.07, 6.45) is 6.43. The molecule has 6 heteroatoms. The summed E-state index contributed by atoms with van der Waals surface area (Å²) in [7, 11) is 0. The molecule has 4 rings (SSSR count). The number of piperidine rings is 1. The third-order valence-corrected chi connectivity index (χ3v) is 5.48. The lowest BCUT2D eigenvalue weighted by Crippen LogP contribution is -2.42. The summed E-state index contributed by atoms with van der Waals surface area (Å²) in [4.78, 5) is 19.0. The maximum atomic E-state index is 12.9. The molecule has 0 saturated carbocycles. The third kappa shape index (κ3) is 1.68. The van der Waals surface area contributed by atoms with Gasteiger partial charge in [-0.15, -0.1) is 0 Å². The number of amides is 1. The van der Waals surface area contributed by atoms with E-state index in [9.17, 15) is 4.79 Å². The summed E-state index contributed by atoms with van der Waals surface area (Å²) in [5.41, 5.74) is 0.795. The summed E-state index contributed by atoms with van der Waals surface area (Å²) in [5, 5.41) is 5.31. The molecular weight excluding hydrogens is 272 g/mol. The van der Waals surface area contributed by atoms with Gasteiger partial charge in [0.15, 0.2) is 0 Å². The number of nitrogens with one attached hydrogen (secondary N) is 1. The van der Waals surface area contributed by atoms with Crippen LogP contribution in [0.2, 0.25) is 0 Å². The van der Waals surface area contributed by atoms with Gasteiger partial charge in [0.1, 0.15) is 5.00 Å². The van der Waals surface area contributed by atoms with Crippen molar-refractivity contribution >= 4 is 33.3 Å². The monoisotopic (exact) mass is 288 g/mol. The number of anilines is 1. The molecule has 4 heterocycles. The quantitative estimate of drug-likeness (QED) is 0.869. The second-order valence-corrected chi connectivity index (χ2v) is 6.37. The minimum Gasteiger partial charge on any atom is -0.317 e. The lowest BCUT2D eigenvalue weighted by atomic mass is 9.78. The SMILES string of the molecule is O=C1N(c2snc3ccncc23)CCC12CCNCC2. The van der Waals surface area contributed by atoms with E-state index in [1.165, 1.54) is 11.5 Å². The zero-order valence-electron chi connectivity index (χ0n) is 11.1. The van der Waals surface area contributed by atoms with E-state index >= 15 is 0 Å². The first-order valence-corrected chi connectivity index (χ1v) is 7.80. The molecule has 2 fully saturated rings. The van der Waals surface area contributed by atoms with E-state index in [1.54, 1.807) is 6.20 Å². The van der Waals surface area contributed by atoms with Gasteiger partial charge in [0.2, 0.25) is 5.91 Å². The molecule has 0 atom stereocenters. The highest BCUT2D eigenvalue weighted by atomic mass is 32.1. The van der Waals surface area contributed by atoms with Crippen LogP contribution in [0.1, 0.15) is 19.3 Å². The molecule has 2 aliphatic heterocycles. The van der Waals surface area contributed by atoms with E-state index in [2.05, 4.69) is 14.7 Å². The predicted molar refractivity (Wildman–Crippen MR) is 78.9 cm³/mol. The summed E-state index contributed by atoms with van der Waals surface area (Å²) >= 11 is 1.41. The average Bonchev–Trinajstić information content (AvgIpc) is 3.04. The Morgan fingerprint density at radius 1 is 1.30 bits per heavy atom. The fraction of sp³-hybridized carbons (Fsp3) is 0.500. The maximum absolute atomic E-state index is 12.9. The summed E-state index contributed by atoms with van der Waals surface area (Å²) < 4.78 is 4.43. The van der Waals surface area contributed by atoms with E-state index < -0.39 is 0 Å². The van der Waals surface area contributed by atoms with Crippen LogP contribution in [0.3, 0.4) is 0 Å². The number of hydrogen-bond donors (Lipinski definition) is 1. The Bertz CT molecular complexity index is 662. The van der Waals surface area contributed by atoms with Crippen LogP contribution in [-0.2, 0) is 4.79 Å². The molecule has 1 spiro atoms. The molecule has 0 unspecified atom stereocenters. The largest absolute Gasteiger partial charge is 0.317 e. The fourth-order valence-electron chi connectivity index (χ4n) is 3.35. The van der Waals surface area contributed by atoms with Crippen LogP contribution < -0.4 is 10.2 Å². The molecule has 104 valence electrons. The fourth-order valence-corrected chi connectivity index (χ4v) is 4.22. The number of carbonyl (C=O) groups is 1. The number of pyridine rings is 1. The lowest BCUT2D eigenvalue weighted by Gasteiger charge is -2.31.